The first-order valence-electron chi connectivity index (χ1n) is 4.56. The zero-order chi connectivity index (χ0) is 9.40. The van der Waals surface area contributed by atoms with E-state index in [1.807, 2.05) is 0 Å². The van der Waals surface area contributed by atoms with Crippen LogP contribution >= 0.6 is 0 Å². The number of hydrogen-bond donors (Lipinski definition) is 0. The van der Waals surface area contributed by atoms with Crippen molar-refractivity contribution in [3.8, 4) is 0 Å². The van der Waals surface area contributed by atoms with Crippen molar-refractivity contribution >= 4 is 0 Å². The van der Waals surface area contributed by atoms with Gasteiger partial charge in [0.05, 0.1) is 12.9 Å². The number of nitrogens with zero attached hydrogens (tertiary/aromatic N) is 1. The molecule has 72 valence electrons. The van der Waals surface area contributed by atoms with Crippen LogP contribution in [0.25, 0.3) is 0 Å². The van der Waals surface area contributed by atoms with Crippen LogP contribution < -0.4 is 0 Å². The summed E-state index contributed by atoms with van der Waals surface area (Å²) in [5.74, 6) is 0.582. The van der Waals surface area contributed by atoms with Crippen LogP contribution in [-0.4, -0.2) is 32.1 Å². The highest BCUT2D eigenvalue weighted by Crippen LogP contribution is 1.94. The van der Waals surface area contributed by atoms with E-state index in [1.54, 1.807) is 6.26 Å². The Labute approximate surface area is 76.2 Å². The molecular formula is C10H21NO. The van der Waals surface area contributed by atoms with E-state index in [1.165, 1.54) is 0 Å². The van der Waals surface area contributed by atoms with Crippen LogP contribution in [0.5, 0.6) is 0 Å². The Balaban J connectivity index is 3.11. The van der Waals surface area contributed by atoms with Gasteiger partial charge in [0.15, 0.2) is 0 Å². The van der Waals surface area contributed by atoms with Gasteiger partial charge < -0.3 is 9.64 Å². The minimum Gasteiger partial charge on any atom is -0.501 e. The van der Waals surface area contributed by atoms with E-state index in [0.717, 1.165) is 19.6 Å². The molecule has 0 aromatic heterocycles. The smallest absolute Gasteiger partial charge is 0.0885 e. The molecule has 0 spiro atoms. The second kappa shape index (κ2) is 7.17. The molecule has 0 aliphatic rings. The fraction of sp³-hybridized carbons (Fsp3) is 0.800. The van der Waals surface area contributed by atoms with Crippen LogP contribution in [0.3, 0.4) is 0 Å². The molecule has 0 unspecified atom stereocenters. The molecule has 0 bridgehead atoms. The lowest BCUT2D eigenvalue weighted by Crippen LogP contribution is -2.14. The van der Waals surface area contributed by atoms with Gasteiger partial charge in [0.25, 0.3) is 0 Å². The maximum absolute atomic E-state index is 5.29. The van der Waals surface area contributed by atoms with E-state index >= 15 is 0 Å². The van der Waals surface area contributed by atoms with Gasteiger partial charge in [-0.3, -0.25) is 0 Å². The number of hydrogen-bond acceptors (Lipinski definition) is 2. The minimum absolute atomic E-state index is 0.582. The summed E-state index contributed by atoms with van der Waals surface area (Å²) in [6, 6.07) is 0. The van der Waals surface area contributed by atoms with Crippen molar-refractivity contribution in [1.29, 1.82) is 0 Å². The predicted octanol–water partition coefficient (Wildman–Crippen LogP) is 2.12. The molecular weight excluding hydrogens is 150 g/mol. The van der Waals surface area contributed by atoms with Crippen molar-refractivity contribution in [1.82, 2.24) is 4.90 Å². The van der Waals surface area contributed by atoms with Gasteiger partial charge in [-0.2, -0.15) is 0 Å². The summed E-state index contributed by atoms with van der Waals surface area (Å²) < 4.78 is 5.29. The summed E-state index contributed by atoms with van der Waals surface area (Å²) in [6.07, 6.45) is 4.96. The third kappa shape index (κ3) is 9.50. The molecule has 2 heteroatoms. The second-order valence-electron chi connectivity index (χ2n) is 3.60. The third-order valence-electron chi connectivity index (χ3n) is 1.43. The number of rotatable bonds is 6. The van der Waals surface area contributed by atoms with Crippen LogP contribution in [0.15, 0.2) is 12.3 Å². The highest BCUT2D eigenvalue weighted by Gasteiger charge is 1.89. The summed E-state index contributed by atoms with van der Waals surface area (Å²) in [5, 5.41) is 0. The van der Waals surface area contributed by atoms with E-state index in [9.17, 15) is 0 Å². The Hall–Kier alpha value is -0.500. The Bertz CT molecular complexity index is 119. The van der Waals surface area contributed by atoms with Crippen LogP contribution in [0.2, 0.25) is 0 Å². The summed E-state index contributed by atoms with van der Waals surface area (Å²) in [5.41, 5.74) is 0. The summed E-state index contributed by atoms with van der Waals surface area (Å²) >= 11 is 0. The van der Waals surface area contributed by atoms with E-state index in [2.05, 4.69) is 38.9 Å². The lowest BCUT2D eigenvalue weighted by atomic mass is 10.2. The molecule has 0 radical (unpaired) electrons. The van der Waals surface area contributed by atoms with E-state index in [-0.39, 0.29) is 0 Å². The maximum Gasteiger partial charge on any atom is 0.0885 e. The van der Waals surface area contributed by atoms with Crippen LogP contribution in [0, 0.1) is 5.92 Å². The number of ether oxygens (including phenoxy) is 1. The summed E-state index contributed by atoms with van der Waals surface area (Å²) in [6.45, 7) is 6.19. The van der Waals surface area contributed by atoms with Crippen molar-refractivity contribution in [2.75, 3.05) is 27.2 Å². The molecule has 0 heterocycles. The molecule has 12 heavy (non-hydrogen) atoms. The molecule has 0 aromatic rings. The normalized spacial score (nSPS) is 11.8. The largest absolute Gasteiger partial charge is 0.501 e. The zero-order valence-electron chi connectivity index (χ0n) is 8.71. The topological polar surface area (TPSA) is 12.5 Å². The van der Waals surface area contributed by atoms with Crippen LogP contribution in [0.4, 0.5) is 0 Å². The van der Waals surface area contributed by atoms with Gasteiger partial charge in [-0.05, 0) is 32.5 Å². The van der Waals surface area contributed by atoms with E-state index in [4.69, 9.17) is 4.74 Å². The van der Waals surface area contributed by atoms with Crippen LogP contribution in [-0.2, 0) is 4.74 Å². The lowest BCUT2D eigenvalue weighted by Gasteiger charge is -2.08. The fourth-order valence-electron chi connectivity index (χ4n) is 0.745. The van der Waals surface area contributed by atoms with Gasteiger partial charge in [0.1, 0.15) is 0 Å². The quantitative estimate of drug-likeness (QED) is 0.448. The minimum atomic E-state index is 0.582. The summed E-state index contributed by atoms with van der Waals surface area (Å²) in [7, 11) is 4.15. The van der Waals surface area contributed by atoms with Crippen LogP contribution in [0.1, 0.15) is 20.3 Å². The van der Waals surface area contributed by atoms with E-state index < -0.39 is 0 Å². The van der Waals surface area contributed by atoms with Gasteiger partial charge in [0, 0.05) is 6.54 Å². The van der Waals surface area contributed by atoms with Gasteiger partial charge >= 0.3 is 0 Å². The van der Waals surface area contributed by atoms with Gasteiger partial charge in [-0.15, -0.1) is 0 Å². The highest BCUT2D eigenvalue weighted by atomic mass is 16.5. The Morgan fingerprint density at radius 3 is 2.50 bits per heavy atom. The molecule has 0 N–H and O–H groups in total. The molecule has 0 saturated carbocycles. The lowest BCUT2D eigenvalue weighted by molar-refractivity contribution is 0.226. The van der Waals surface area contributed by atoms with Gasteiger partial charge in [-0.1, -0.05) is 13.8 Å². The monoisotopic (exact) mass is 171 g/mol. The van der Waals surface area contributed by atoms with Crippen molar-refractivity contribution in [2.45, 2.75) is 20.3 Å². The van der Waals surface area contributed by atoms with E-state index in [0.29, 0.717) is 5.92 Å². The third-order valence-corrected chi connectivity index (χ3v) is 1.43. The first-order chi connectivity index (χ1) is 5.63. The fourth-order valence-corrected chi connectivity index (χ4v) is 0.745. The SMILES string of the molecule is CC(C)C=COCCCN(C)C. The highest BCUT2D eigenvalue weighted by molar-refractivity contribution is 4.76. The standard InChI is InChI=1S/C10H21NO/c1-10(2)6-9-12-8-5-7-11(3)4/h6,9-10H,5,7-8H2,1-4H3. The first-order valence-corrected chi connectivity index (χ1v) is 4.56. The molecule has 2 nitrogen and oxygen atoms in total. The summed E-state index contributed by atoms with van der Waals surface area (Å²) in [4.78, 5) is 2.16. The Kier molecular flexibility index (Phi) is 6.87. The molecule has 0 rings (SSSR count). The molecule has 0 atom stereocenters. The average Bonchev–Trinajstić information content (AvgIpc) is 1.95. The molecule has 0 aliphatic carbocycles. The molecule has 0 amide bonds. The Morgan fingerprint density at radius 2 is 2.00 bits per heavy atom. The Morgan fingerprint density at radius 1 is 1.33 bits per heavy atom. The first kappa shape index (κ1) is 11.5. The second-order valence-corrected chi connectivity index (χ2v) is 3.60. The van der Waals surface area contributed by atoms with Crippen molar-refractivity contribution < 1.29 is 4.74 Å². The van der Waals surface area contributed by atoms with Crippen molar-refractivity contribution in [3.05, 3.63) is 12.3 Å². The predicted molar refractivity (Wildman–Crippen MR) is 53.1 cm³/mol. The van der Waals surface area contributed by atoms with Crippen molar-refractivity contribution in [2.24, 2.45) is 5.92 Å². The maximum atomic E-state index is 5.29. The zero-order valence-corrected chi connectivity index (χ0v) is 8.71. The van der Waals surface area contributed by atoms with Gasteiger partial charge in [-0.25, -0.2) is 0 Å². The average molecular weight is 171 g/mol. The molecule has 0 aliphatic heterocycles. The molecule has 0 aromatic carbocycles. The molecule has 0 saturated heterocycles. The molecule has 0 fully saturated rings. The van der Waals surface area contributed by atoms with Gasteiger partial charge in [0.2, 0.25) is 0 Å². The number of allylic oxidation sites excluding steroid dienone is 1. The van der Waals surface area contributed by atoms with Crippen molar-refractivity contribution in [3.63, 3.8) is 0 Å².